The predicted molar refractivity (Wildman–Crippen MR) is 102 cm³/mol. The first kappa shape index (κ1) is 18.6. The Labute approximate surface area is 156 Å². The zero-order valence-electron chi connectivity index (χ0n) is 14.2. The van der Waals surface area contributed by atoms with Gasteiger partial charge in [0.25, 0.3) is 15.9 Å². The molecule has 1 aliphatic heterocycles. The molecule has 1 aliphatic rings. The van der Waals surface area contributed by atoms with Gasteiger partial charge < -0.3 is 10.2 Å². The van der Waals surface area contributed by atoms with Crippen molar-refractivity contribution >= 4 is 39.2 Å². The average molecular weight is 393 g/mol. The molecule has 26 heavy (non-hydrogen) atoms. The zero-order chi connectivity index (χ0) is 18.7. The van der Waals surface area contributed by atoms with Crippen molar-refractivity contribution in [2.75, 3.05) is 34.8 Å². The van der Waals surface area contributed by atoms with Crippen LogP contribution in [0.15, 0.2) is 35.6 Å². The minimum absolute atomic E-state index is 0.300. The summed E-state index contributed by atoms with van der Waals surface area (Å²) in [6, 6.07) is 4.52. The largest absolute Gasteiger partial charge is 0.354 e. The first-order valence-corrected chi connectivity index (χ1v) is 10.6. The number of hydrogen-bond donors (Lipinski definition) is 2. The molecule has 0 unspecified atom stereocenters. The van der Waals surface area contributed by atoms with Gasteiger partial charge in [-0.15, -0.1) is 0 Å². The number of nitrogens with one attached hydrogen (secondary N) is 1. The molecule has 0 bridgehead atoms. The van der Waals surface area contributed by atoms with E-state index in [0.717, 1.165) is 30.2 Å². The molecule has 2 aromatic heterocycles. The Kier molecular flexibility index (Phi) is 5.44. The lowest BCUT2D eigenvalue weighted by atomic mass is 10.1. The molecule has 0 aliphatic carbocycles. The van der Waals surface area contributed by atoms with E-state index in [9.17, 15) is 13.2 Å². The normalized spacial score (nSPS) is 14.9. The first-order valence-electron chi connectivity index (χ1n) is 7.94. The van der Waals surface area contributed by atoms with Gasteiger partial charge in [-0.05, 0) is 24.6 Å². The number of nitrogens with two attached hydrogens (primary N) is 1. The van der Waals surface area contributed by atoms with Gasteiger partial charge >= 0.3 is 0 Å². The third-order valence-corrected chi connectivity index (χ3v) is 5.59. The number of primary sulfonamides is 1. The summed E-state index contributed by atoms with van der Waals surface area (Å²) in [5, 5.41) is 7.49. The molecule has 2 aromatic rings. The lowest BCUT2D eigenvalue weighted by Gasteiger charge is -2.29. The summed E-state index contributed by atoms with van der Waals surface area (Å²) in [5.41, 5.74) is 1.62. The van der Waals surface area contributed by atoms with E-state index < -0.39 is 10.0 Å². The second-order valence-electron chi connectivity index (χ2n) is 5.87. The van der Waals surface area contributed by atoms with Gasteiger partial charge in [-0.25, -0.2) is 23.5 Å². The molecule has 138 valence electrons. The van der Waals surface area contributed by atoms with Crippen LogP contribution < -0.4 is 15.4 Å². The maximum atomic E-state index is 12.8. The SMILES string of the molecule is Cc1cnc(N2CCSCC2)c(C(=O)Nc2ccnc(S(N)(=O)=O)c2)c1. The molecular formula is C16H19N5O3S2. The minimum Gasteiger partial charge on any atom is -0.354 e. The van der Waals surface area contributed by atoms with Gasteiger partial charge in [-0.1, -0.05) is 0 Å². The molecule has 0 spiro atoms. The van der Waals surface area contributed by atoms with Crippen LogP contribution >= 0.6 is 11.8 Å². The second kappa shape index (κ2) is 7.60. The number of sulfonamides is 1. The van der Waals surface area contributed by atoms with Crippen molar-refractivity contribution in [1.29, 1.82) is 0 Å². The molecule has 0 aromatic carbocycles. The summed E-state index contributed by atoms with van der Waals surface area (Å²) in [4.78, 5) is 23.1. The van der Waals surface area contributed by atoms with Gasteiger partial charge in [0.15, 0.2) is 5.03 Å². The molecule has 1 saturated heterocycles. The third-order valence-electron chi connectivity index (χ3n) is 3.84. The maximum absolute atomic E-state index is 12.8. The van der Waals surface area contributed by atoms with Crippen LogP contribution in [0.5, 0.6) is 0 Å². The van der Waals surface area contributed by atoms with Crippen molar-refractivity contribution in [3.8, 4) is 0 Å². The Morgan fingerprint density at radius 2 is 2.00 bits per heavy atom. The van der Waals surface area contributed by atoms with E-state index in [4.69, 9.17) is 5.14 Å². The highest BCUT2D eigenvalue weighted by Gasteiger charge is 2.21. The van der Waals surface area contributed by atoms with Crippen molar-refractivity contribution in [1.82, 2.24) is 9.97 Å². The number of anilines is 2. The molecule has 3 N–H and O–H groups in total. The van der Waals surface area contributed by atoms with Crippen molar-refractivity contribution in [2.45, 2.75) is 11.9 Å². The van der Waals surface area contributed by atoms with Crippen LogP contribution in [0.1, 0.15) is 15.9 Å². The van der Waals surface area contributed by atoms with Crippen molar-refractivity contribution in [2.24, 2.45) is 5.14 Å². The van der Waals surface area contributed by atoms with E-state index in [-0.39, 0.29) is 10.9 Å². The number of nitrogens with zero attached hydrogens (tertiary/aromatic N) is 3. The molecule has 0 saturated carbocycles. The van der Waals surface area contributed by atoms with Crippen molar-refractivity contribution in [3.05, 3.63) is 41.7 Å². The van der Waals surface area contributed by atoms with Crippen LogP contribution in [0.25, 0.3) is 0 Å². The minimum atomic E-state index is -3.94. The zero-order valence-corrected chi connectivity index (χ0v) is 15.8. The van der Waals surface area contributed by atoms with Crippen LogP contribution in [0, 0.1) is 6.92 Å². The molecule has 1 fully saturated rings. The number of aromatic nitrogens is 2. The third kappa shape index (κ3) is 4.32. The number of hydrogen-bond acceptors (Lipinski definition) is 7. The van der Waals surface area contributed by atoms with Crippen LogP contribution in [0.2, 0.25) is 0 Å². The summed E-state index contributed by atoms with van der Waals surface area (Å²) in [7, 11) is -3.94. The molecule has 0 atom stereocenters. The fourth-order valence-corrected chi connectivity index (χ4v) is 4.00. The smallest absolute Gasteiger partial charge is 0.259 e. The van der Waals surface area contributed by atoms with E-state index >= 15 is 0 Å². The van der Waals surface area contributed by atoms with Gasteiger partial charge in [0.05, 0.1) is 5.56 Å². The van der Waals surface area contributed by atoms with E-state index in [0.29, 0.717) is 17.1 Å². The lowest BCUT2D eigenvalue weighted by Crippen LogP contribution is -2.34. The average Bonchev–Trinajstić information content (AvgIpc) is 2.62. The van der Waals surface area contributed by atoms with Crippen LogP contribution in [0.4, 0.5) is 11.5 Å². The summed E-state index contributed by atoms with van der Waals surface area (Å²) in [6.45, 7) is 3.52. The van der Waals surface area contributed by atoms with Gasteiger partial charge in [0.2, 0.25) is 0 Å². The predicted octanol–water partition coefficient (Wildman–Crippen LogP) is 1.24. The molecule has 8 nitrogen and oxygen atoms in total. The topological polar surface area (TPSA) is 118 Å². The molecule has 3 heterocycles. The molecule has 3 rings (SSSR count). The Hall–Kier alpha value is -2.17. The summed E-state index contributed by atoms with van der Waals surface area (Å²) < 4.78 is 22.9. The molecular weight excluding hydrogens is 374 g/mol. The fourth-order valence-electron chi connectivity index (χ4n) is 2.60. The van der Waals surface area contributed by atoms with Crippen molar-refractivity contribution < 1.29 is 13.2 Å². The number of thioether (sulfide) groups is 1. The van der Waals surface area contributed by atoms with Gasteiger partial charge in [-0.2, -0.15) is 11.8 Å². The Balaban J connectivity index is 1.89. The van der Waals surface area contributed by atoms with E-state index in [1.54, 1.807) is 12.3 Å². The van der Waals surface area contributed by atoms with E-state index in [2.05, 4.69) is 20.2 Å². The van der Waals surface area contributed by atoms with Crippen molar-refractivity contribution in [3.63, 3.8) is 0 Å². The maximum Gasteiger partial charge on any atom is 0.259 e. The quantitative estimate of drug-likeness (QED) is 0.802. The lowest BCUT2D eigenvalue weighted by molar-refractivity contribution is 0.102. The molecule has 1 amide bonds. The van der Waals surface area contributed by atoms with E-state index in [1.165, 1.54) is 18.3 Å². The number of carbonyl (C=O) groups excluding carboxylic acids is 1. The van der Waals surface area contributed by atoms with Gasteiger partial charge in [-0.3, -0.25) is 4.79 Å². The van der Waals surface area contributed by atoms with Gasteiger partial charge in [0, 0.05) is 48.7 Å². The summed E-state index contributed by atoms with van der Waals surface area (Å²) >= 11 is 1.87. The number of aryl methyl sites for hydroxylation is 1. The number of rotatable bonds is 4. The number of pyridine rings is 2. The highest BCUT2D eigenvalue weighted by molar-refractivity contribution is 7.99. The van der Waals surface area contributed by atoms with Crippen LogP contribution in [0.3, 0.4) is 0 Å². The highest BCUT2D eigenvalue weighted by atomic mass is 32.2. The second-order valence-corrected chi connectivity index (χ2v) is 8.60. The van der Waals surface area contributed by atoms with Crippen LogP contribution in [-0.2, 0) is 10.0 Å². The monoisotopic (exact) mass is 393 g/mol. The Morgan fingerprint density at radius 3 is 2.69 bits per heavy atom. The standard InChI is InChI=1S/C16H19N5O3S2/c1-11-8-13(15(19-10-11)21-4-6-25-7-5-21)16(22)20-12-2-3-18-14(9-12)26(17,23)24/h2-3,8-10H,4-7H2,1H3,(H2,17,23,24)(H,18,20,22). The first-order chi connectivity index (χ1) is 12.3. The number of amides is 1. The molecule has 0 radical (unpaired) electrons. The Bertz CT molecular complexity index is 927. The number of carbonyl (C=O) groups is 1. The fraction of sp³-hybridized carbons (Fsp3) is 0.312. The van der Waals surface area contributed by atoms with Crippen LogP contribution in [-0.4, -0.2) is 48.9 Å². The Morgan fingerprint density at radius 1 is 1.27 bits per heavy atom. The van der Waals surface area contributed by atoms with E-state index in [1.807, 2.05) is 18.7 Å². The van der Waals surface area contributed by atoms with Gasteiger partial charge in [0.1, 0.15) is 5.82 Å². The molecule has 10 heteroatoms. The summed E-state index contributed by atoms with van der Waals surface area (Å²) in [6.07, 6.45) is 3.02. The highest BCUT2D eigenvalue weighted by Crippen LogP contribution is 2.23. The summed E-state index contributed by atoms with van der Waals surface area (Å²) in [5.74, 6) is 2.24.